The number of imidazole rings is 1. The zero-order chi connectivity index (χ0) is 17.0. The molecule has 132 valence electrons. The molecule has 1 aliphatic heterocycles. The molecule has 0 unspecified atom stereocenters. The van der Waals surface area contributed by atoms with Crippen LogP contribution in [0, 0.1) is 5.92 Å². The maximum absolute atomic E-state index is 12.4. The van der Waals surface area contributed by atoms with Crippen molar-refractivity contribution >= 4 is 10.0 Å². The first-order valence-corrected chi connectivity index (χ1v) is 10.1. The molecule has 0 spiro atoms. The third-order valence-electron chi connectivity index (χ3n) is 4.84. The summed E-state index contributed by atoms with van der Waals surface area (Å²) in [5, 5.41) is 3.25. The van der Waals surface area contributed by atoms with Crippen LogP contribution in [0.4, 0.5) is 0 Å². The van der Waals surface area contributed by atoms with E-state index in [0.29, 0.717) is 25.0 Å². The van der Waals surface area contributed by atoms with Crippen LogP contribution in [-0.2, 0) is 23.1 Å². The van der Waals surface area contributed by atoms with Gasteiger partial charge in [-0.15, -0.1) is 0 Å². The van der Waals surface area contributed by atoms with E-state index in [1.165, 1.54) is 0 Å². The van der Waals surface area contributed by atoms with Gasteiger partial charge in [-0.1, -0.05) is 13.3 Å². The standard InChI is InChI=1S/C16H30N4O2S/c1-5-14-12-20(23(21,22)13(3)4)9-7-15(14)18-11-16-17-8-10-19(16)6-2/h8,10,13-15,18H,5-7,9,11-12H2,1-4H3/t14-,15-/m1/s1. The summed E-state index contributed by atoms with van der Waals surface area (Å²) in [5.41, 5.74) is 0. The maximum atomic E-state index is 12.4. The SMILES string of the molecule is CC[C@@H]1CN(S(=O)(=O)C(C)C)CC[C@H]1NCc1nccn1CC. The molecule has 0 radical (unpaired) electrons. The number of aryl methyl sites for hydroxylation is 1. The Kier molecular flexibility index (Phi) is 6.22. The molecule has 2 heterocycles. The van der Waals surface area contributed by atoms with Crippen LogP contribution in [0.1, 0.15) is 46.4 Å². The van der Waals surface area contributed by atoms with Crippen LogP contribution in [-0.4, -0.2) is 46.7 Å². The minimum Gasteiger partial charge on any atom is -0.334 e. The highest BCUT2D eigenvalue weighted by Crippen LogP contribution is 2.24. The summed E-state index contributed by atoms with van der Waals surface area (Å²) in [4.78, 5) is 4.39. The molecule has 1 N–H and O–H groups in total. The first-order valence-electron chi connectivity index (χ1n) is 8.62. The summed E-state index contributed by atoms with van der Waals surface area (Å²) in [6.07, 6.45) is 5.66. The number of aromatic nitrogens is 2. The lowest BCUT2D eigenvalue weighted by Crippen LogP contribution is -2.52. The topological polar surface area (TPSA) is 67.2 Å². The van der Waals surface area contributed by atoms with Crippen molar-refractivity contribution in [2.75, 3.05) is 13.1 Å². The van der Waals surface area contributed by atoms with E-state index in [4.69, 9.17) is 0 Å². The molecule has 0 saturated carbocycles. The lowest BCUT2D eigenvalue weighted by Gasteiger charge is -2.38. The van der Waals surface area contributed by atoms with E-state index in [9.17, 15) is 8.42 Å². The molecule has 1 saturated heterocycles. The number of sulfonamides is 1. The Morgan fingerprint density at radius 1 is 1.39 bits per heavy atom. The summed E-state index contributed by atoms with van der Waals surface area (Å²) < 4.78 is 28.6. The second-order valence-electron chi connectivity index (χ2n) is 6.53. The third-order valence-corrected chi connectivity index (χ3v) is 7.08. The summed E-state index contributed by atoms with van der Waals surface area (Å²) >= 11 is 0. The lowest BCUT2D eigenvalue weighted by atomic mass is 9.91. The summed E-state index contributed by atoms with van der Waals surface area (Å²) in [6.45, 7) is 10.6. The zero-order valence-corrected chi connectivity index (χ0v) is 15.5. The van der Waals surface area contributed by atoms with Gasteiger partial charge in [0.25, 0.3) is 0 Å². The molecule has 23 heavy (non-hydrogen) atoms. The molecule has 2 atom stereocenters. The normalized spacial score (nSPS) is 23.5. The van der Waals surface area contributed by atoms with Crippen LogP contribution < -0.4 is 5.32 Å². The van der Waals surface area contributed by atoms with Crippen molar-refractivity contribution in [3.05, 3.63) is 18.2 Å². The van der Waals surface area contributed by atoms with Gasteiger partial charge >= 0.3 is 0 Å². The van der Waals surface area contributed by atoms with Gasteiger partial charge in [-0.3, -0.25) is 0 Å². The number of nitrogens with zero attached hydrogens (tertiary/aromatic N) is 3. The smallest absolute Gasteiger partial charge is 0.216 e. The molecule has 0 aromatic carbocycles. The molecule has 1 fully saturated rings. The van der Waals surface area contributed by atoms with Gasteiger partial charge in [-0.05, 0) is 33.1 Å². The Bertz CT molecular complexity index is 597. The minimum absolute atomic E-state index is 0.346. The van der Waals surface area contributed by atoms with Crippen LogP contribution in [0.15, 0.2) is 12.4 Å². The lowest BCUT2D eigenvalue weighted by molar-refractivity contribution is 0.199. The quantitative estimate of drug-likeness (QED) is 0.821. The molecule has 7 heteroatoms. The van der Waals surface area contributed by atoms with Crippen LogP contribution >= 0.6 is 0 Å². The molecule has 0 bridgehead atoms. The average molecular weight is 343 g/mol. The van der Waals surface area contributed by atoms with E-state index in [2.05, 4.69) is 28.7 Å². The highest BCUT2D eigenvalue weighted by atomic mass is 32.2. The first kappa shape index (κ1) is 18.4. The monoisotopic (exact) mass is 342 g/mol. The highest BCUT2D eigenvalue weighted by molar-refractivity contribution is 7.89. The van der Waals surface area contributed by atoms with Gasteiger partial charge in [-0.25, -0.2) is 17.7 Å². The Morgan fingerprint density at radius 2 is 2.13 bits per heavy atom. The van der Waals surface area contributed by atoms with E-state index < -0.39 is 10.0 Å². The Balaban J connectivity index is 1.97. The molecule has 2 rings (SSSR count). The maximum Gasteiger partial charge on any atom is 0.216 e. The fraction of sp³-hybridized carbons (Fsp3) is 0.812. The first-order chi connectivity index (χ1) is 10.9. The second kappa shape index (κ2) is 7.77. The van der Waals surface area contributed by atoms with Crippen molar-refractivity contribution in [2.24, 2.45) is 5.92 Å². The largest absolute Gasteiger partial charge is 0.334 e. The van der Waals surface area contributed by atoms with Crippen LogP contribution in [0.3, 0.4) is 0 Å². The van der Waals surface area contributed by atoms with Crippen molar-refractivity contribution in [2.45, 2.75) is 64.9 Å². The molecule has 6 nitrogen and oxygen atoms in total. The fourth-order valence-electron chi connectivity index (χ4n) is 3.23. The van der Waals surface area contributed by atoms with Crippen molar-refractivity contribution in [3.8, 4) is 0 Å². The van der Waals surface area contributed by atoms with Crippen molar-refractivity contribution in [3.63, 3.8) is 0 Å². The van der Waals surface area contributed by atoms with Gasteiger partial charge in [0.05, 0.1) is 11.8 Å². The molecule has 1 aromatic heterocycles. The number of hydrogen-bond donors (Lipinski definition) is 1. The molecule has 0 amide bonds. The van der Waals surface area contributed by atoms with Crippen LogP contribution in [0.25, 0.3) is 0 Å². The third kappa shape index (κ3) is 4.14. The number of piperidine rings is 1. The molecule has 1 aromatic rings. The van der Waals surface area contributed by atoms with Gasteiger partial charge in [0.1, 0.15) is 5.82 Å². The number of rotatable bonds is 7. The van der Waals surface area contributed by atoms with Crippen LogP contribution in [0.2, 0.25) is 0 Å². The van der Waals surface area contributed by atoms with E-state index in [1.54, 1.807) is 18.2 Å². The zero-order valence-electron chi connectivity index (χ0n) is 14.7. The van der Waals surface area contributed by atoms with Crippen molar-refractivity contribution in [1.29, 1.82) is 0 Å². The van der Waals surface area contributed by atoms with E-state index >= 15 is 0 Å². The predicted octanol–water partition coefficient (Wildman–Crippen LogP) is 1.83. The van der Waals surface area contributed by atoms with E-state index in [1.807, 2.05) is 12.4 Å². The summed E-state index contributed by atoms with van der Waals surface area (Å²) in [7, 11) is -3.15. The Morgan fingerprint density at radius 3 is 2.74 bits per heavy atom. The second-order valence-corrected chi connectivity index (χ2v) is 9.01. The summed E-state index contributed by atoms with van der Waals surface area (Å²) in [5.74, 6) is 1.39. The summed E-state index contributed by atoms with van der Waals surface area (Å²) in [6, 6.07) is 0.348. The van der Waals surface area contributed by atoms with Gasteiger partial charge in [0.2, 0.25) is 10.0 Å². The Labute approximate surface area is 140 Å². The fourth-order valence-corrected chi connectivity index (χ4v) is 4.58. The highest BCUT2D eigenvalue weighted by Gasteiger charge is 2.35. The predicted molar refractivity (Wildman–Crippen MR) is 92.6 cm³/mol. The molecule has 0 aliphatic carbocycles. The average Bonchev–Trinajstić information content (AvgIpc) is 2.99. The molecule has 1 aliphatic rings. The van der Waals surface area contributed by atoms with E-state index in [-0.39, 0.29) is 5.25 Å². The van der Waals surface area contributed by atoms with Crippen molar-refractivity contribution in [1.82, 2.24) is 19.2 Å². The van der Waals surface area contributed by atoms with Gasteiger partial charge in [0, 0.05) is 38.1 Å². The van der Waals surface area contributed by atoms with E-state index in [0.717, 1.165) is 31.8 Å². The van der Waals surface area contributed by atoms with Crippen molar-refractivity contribution < 1.29 is 8.42 Å². The Hall–Kier alpha value is -0.920. The number of nitrogens with one attached hydrogen (secondary N) is 1. The minimum atomic E-state index is -3.15. The van der Waals surface area contributed by atoms with Gasteiger partial charge in [0.15, 0.2) is 0 Å². The van der Waals surface area contributed by atoms with Crippen LogP contribution in [0.5, 0.6) is 0 Å². The van der Waals surface area contributed by atoms with Gasteiger partial charge in [-0.2, -0.15) is 0 Å². The van der Waals surface area contributed by atoms with Gasteiger partial charge < -0.3 is 9.88 Å². The molecular formula is C16H30N4O2S. The molecular weight excluding hydrogens is 312 g/mol. The number of hydrogen-bond acceptors (Lipinski definition) is 4.